The number of halogens is 3. The number of rotatable bonds is 2. The molecule has 2 unspecified atom stereocenters. The van der Waals surface area contributed by atoms with Crippen LogP contribution in [0, 0.1) is 10.1 Å². The molecule has 0 saturated heterocycles. The van der Waals surface area contributed by atoms with E-state index < -0.39 is 28.8 Å². The third kappa shape index (κ3) is 3.27. The van der Waals surface area contributed by atoms with Gasteiger partial charge in [0.15, 0.2) is 0 Å². The van der Waals surface area contributed by atoms with Gasteiger partial charge in [-0.1, -0.05) is 24.3 Å². The molecule has 0 spiro atoms. The molecule has 1 aliphatic carbocycles. The van der Waals surface area contributed by atoms with Crippen molar-refractivity contribution in [2.75, 3.05) is 13.1 Å². The van der Waals surface area contributed by atoms with Crippen LogP contribution < -0.4 is 0 Å². The third-order valence-electron chi connectivity index (χ3n) is 3.49. The van der Waals surface area contributed by atoms with E-state index in [9.17, 15) is 23.3 Å². The maximum atomic E-state index is 12.6. The van der Waals surface area contributed by atoms with Gasteiger partial charge in [0, 0.05) is 17.5 Å². The van der Waals surface area contributed by atoms with Gasteiger partial charge < -0.3 is 0 Å². The summed E-state index contributed by atoms with van der Waals surface area (Å²) in [4.78, 5) is 12.3. The van der Waals surface area contributed by atoms with E-state index in [1.54, 1.807) is 0 Å². The third-order valence-corrected chi connectivity index (χ3v) is 3.49. The van der Waals surface area contributed by atoms with E-state index >= 15 is 0 Å². The molecule has 1 aliphatic heterocycles. The highest BCUT2D eigenvalue weighted by Crippen LogP contribution is 2.31. The van der Waals surface area contributed by atoms with Crippen LogP contribution in [-0.2, 0) is 0 Å². The molecule has 0 aromatic heterocycles. The molecule has 2 aliphatic rings. The Hall–Kier alpha value is -1.63. The molecule has 0 radical (unpaired) electrons. The molecule has 7 heteroatoms. The quantitative estimate of drug-likeness (QED) is 0.446. The highest BCUT2D eigenvalue weighted by molar-refractivity contribution is 5.32. The van der Waals surface area contributed by atoms with Crippen molar-refractivity contribution >= 4 is 0 Å². The molecule has 0 aromatic rings. The van der Waals surface area contributed by atoms with E-state index in [1.165, 1.54) is 6.08 Å². The number of alkyl halides is 3. The molecular weight excluding hydrogens is 273 g/mol. The number of hydrogen-bond acceptors (Lipinski definition) is 3. The van der Waals surface area contributed by atoms with Gasteiger partial charge in [-0.3, -0.25) is 15.0 Å². The monoisotopic (exact) mass is 288 g/mol. The SMILES string of the molecule is O=[N+]([O-])C1C=C(C(F)(F)F)C=CC1N1CC=CCCC1. The number of allylic oxidation sites excluding steroid dienone is 3. The summed E-state index contributed by atoms with van der Waals surface area (Å²) in [7, 11) is 0. The first-order chi connectivity index (χ1) is 9.39. The lowest BCUT2D eigenvalue weighted by Gasteiger charge is -2.30. The maximum Gasteiger partial charge on any atom is 0.416 e. The van der Waals surface area contributed by atoms with Crippen LogP contribution in [0.25, 0.3) is 0 Å². The van der Waals surface area contributed by atoms with Crippen LogP contribution in [0.3, 0.4) is 0 Å². The van der Waals surface area contributed by atoms with Crippen LogP contribution in [0.4, 0.5) is 13.2 Å². The zero-order chi connectivity index (χ0) is 14.8. The van der Waals surface area contributed by atoms with Crippen molar-refractivity contribution in [3.63, 3.8) is 0 Å². The summed E-state index contributed by atoms with van der Waals surface area (Å²) in [6.45, 7) is 1.16. The second kappa shape index (κ2) is 5.78. The smallest absolute Gasteiger partial charge is 0.287 e. The van der Waals surface area contributed by atoms with Crippen molar-refractivity contribution < 1.29 is 18.1 Å². The molecule has 0 bridgehead atoms. The molecule has 2 atom stereocenters. The molecule has 0 fully saturated rings. The number of hydrogen-bond donors (Lipinski definition) is 0. The standard InChI is InChI=1S/C13H15F3N2O2/c14-13(15,16)10-5-6-11(12(9-10)18(19)20)17-7-3-1-2-4-8-17/h1,3,5-6,9,11-12H,2,4,7-8H2. The van der Waals surface area contributed by atoms with Crippen LogP contribution in [0.5, 0.6) is 0 Å². The Labute approximate surface area is 114 Å². The second-order valence-electron chi connectivity index (χ2n) is 4.85. The second-order valence-corrected chi connectivity index (χ2v) is 4.85. The Morgan fingerprint density at radius 3 is 2.75 bits per heavy atom. The minimum Gasteiger partial charge on any atom is -0.287 e. The molecule has 4 nitrogen and oxygen atoms in total. The van der Waals surface area contributed by atoms with E-state index in [2.05, 4.69) is 0 Å². The van der Waals surface area contributed by atoms with Gasteiger partial charge in [0.25, 0.3) is 6.04 Å². The summed E-state index contributed by atoms with van der Waals surface area (Å²) in [6, 6.07) is -1.98. The van der Waals surface area contributed by atoms with Crippen molar-refractivity contribution in [2.24, 2.45) is 0 Å². The zero-order valence-electron chi connectivity index (χ0n) is 10.7. The number of nitrogens with zero attached hydrogens (tertiary/aromatic N) is 2. The molecule has 20 heavy (non-hydrogen) atoms. The molecule has 0 aromatic carbocycles. The van der Waals surface area contributed by atoms with Crippen molar-refractivity contribution in [2.45, 2.75) is 31.1 Å². The fourth-order valence-electron chi connectivity index (χ4n) is 2.47. The van der Waals surface area contributed by atoms with Crippen LogP contribution in [-0.4, -0.2) is 41.2 Å². The van der Waals surface area contributed by atoms with Gasteiger partial charge in [-0.25, -0.2) is 0 Å². The summed E-state index contributed by atoms with van der Waals surface area (Å²) >= 11 is 0. The van der Waals surface area contributed by atoms with E-state index in [-0.39, 0.29) is 0 Å². The average molecular weight is 288 g/mol. The lowest BCUT2D eigenvalue weighted by atomic mass is 9.96. The summed E-state index contributed by atoms with van der Waals surface area (Å²) in [6.07, 6.45) is 4.05. The predicted octanol–water partition coefficient (Wildman–Crippen LogP) is 2.71. The number of nitro groups is 1. The van der Waals surface area contributed by atoms with Crippen LogP contribution in [0.2, 0.25) is 0 Å². The lowest BCUT2D eigenvalue weighted by molar-refractivity contribution is -0.515. The van der Waals surface area contributed by atoms with Gasteiger partial charge >= 0.3 is 6.18 Å². The first kappa shape index (κ1) is 14.8. The highest BCUT2D eigenvalue weighted by atomic mass is 19.4. The van der Waals surface area contributed by atoms with Crippen molar-refractivity contribution in [1.29, 1.82) is 0 Å². The van der Waals surface area contributed by atoms with Gasteiger partial charge in [0.05, 0.1) is 5.57 Å². The molecule has 0 amide bonds. The largest absolute Gasteiger partial charge is 0.416 e. The minimum absolute atomic E-state index is 0.522. The van der Waals surface area contributed by atoms with Crippen LogP contribution >= 0.6 is 0 Å². The van der Waals surface area contributed by atoms with Gasteiger partial charge in [-0.05, 0) is 19.4 Å². The van der Waals surface area contributed by atoms with E-state index in [0.717, 1.165) is 25.0 Å². The molecule has 110 valence electrons. The maximum absolute atomic E-state index is 12.6. The first-order valence-corrected chi connectivity index (χ1v) is 6.39. The Kier molecular flexibility index (Phi) is 4.27. The summed E-state index contributed by atoms with van der Waals surface area (Å²) in [5, 5.41) is 11.1. The highest BCUT2D eigenvalue weighted by Gasteiger charge is 2.41. The Bertz CT molecular complexity index is 469. The summed E-state index contributed by atoms with van der Waals surface area (Å²) in [5.41, 5.74) is -0.944. The molecular formula is C13H15F3N2O2. The first-order valence-electron chi connectivity index (χ1n) is 6.39. The van der Waals surface area contributed by atoms with Crippen molar-refractivity contribution in [3.05, 3.63) is 46.1 Å². The Balaban J connectivity index is 2.22. The molecule has 0 saturated carbocycles. The Morgan fingerprint density at radius 2 is 2.10 bits per heavy atom. The molecule has 2 rings (SSSR count). The van der Waals surface area contributed by atoms with Gasteiger partial charge in [-0.2, -0.15) is 13.2 Å². The summed E-state index contributed by atoms with van der Waals surface area (Å²) in [5.74, 6) is 0. The fraction of sp³-hybridized carbons (Fsp3) is 0.538. The van der Waals surface area contributed by atoms with E-state index in [1.807, 2.05) is 17.1 Å². The van der Waals surface area contributed by atoms with Crippen LogP contribution in [0.15, 0.2) is 36.0 Å². The fourth-order valence-corrected chi connectivity index (χ4v) is 2.47. The van der Waals surface area contributed by atoms with Gasteiger partial charge in [-0.15, -0.1) is 0 Å². The van der Waals surface area contributed by atoms with Crippen molar-refractivity contribution in [3.8, 4) is 0 Å². The molecule has 1 heterocycles. The lowest BCUT2D eigenvalue weighted by Crippen LogP contribution is -2.47. The van der Waals surface area contributed by atoms with E-state index in [4.69, 9.17) is 0 Å². The topological polar surface area (TPSA) is 46.4 Å². The predicted molar refractivity (Wildman–Crippen MR) is 67.8 cm³/mol. The van der Waals surface area contributed by atoms with Gasteiger partial charge in [0.2, 0.25) is 0 Å². The normalized spacial score (nSPS) is 28.1. The average Bonchev–Trinajstić information content (AvgIpc) is 2.65. The van der Waals surface area contributed by atoms with Crippen molar-refractivity contribution in [1.82, 2.24) is 4.90 Å². The van der Waals surface area contributed by atoms with Crippen LogP contribution in [0.1, 0.15) is 12.8 Å². The molecule has 0 N–H and O–H groups in total. The Morgan fingerprint density at radius 1 is 1.35 bits per heavy atom. The minimum atomic E-state index is -4.55. The van der Waals surface area contributed by atoms with Gasteiger partial charge in [0.1, 0.15) is 6.04 Å². The summed E-state index contributed by atoms with van der Waals surface area (Å²) < 4.78 is 37.9. The zero-order valence-corrected chi connectivity index (χ0v) is 10.7. The van der Waals surface area contributed by atoms with E-state index in [0.29, 0.717) is 13.1 Å².